The lowest BCUT2D eigenvalue weighted by atomic mass is 10.1. The van der Waals surface area contributed by atoms with Gasteiger partial charge in [-0.3, -0.25) is 0 Å². The zero-order chi connectivity index (χ0) is 13.4. The van der Waals surface area contributed by atoms with Gasteiger partial charge in [0.1, 0.15) is 0 Å². The Kier molecular flexibility index (Phi) is 6.37. The van der Waals surface area contributed by atoms with Gasteiger partial charge in [-0.15, -0.1) is 0 Å². The number of nitrogens with one attached hydrogen (secondary N) is 1. The molecule has 1 rings (SSSR count). The van der Waals surface area contributed by atoms with Crippen LogP contribution in [-0.4, -0.2) is 29.9 Å². The quantitative estimate of drug-likeness (QED) is 0.677. The zero-order valence-corrected chi connectivity index (χ0v) is 10.6. The van der Waals surface area contributed by atoms with Crippen molar-refractivity contribution in [3.8, 4) is 6.07 Å². The molecule has 98 valence electrons. The molecule has 0 aromatic heterocycles. The van der Waals surface area contributed by atoms with Crippen molar-refractivity contribution in [1.82, 2.24) is 5.32 Å². The maximum Gasteiger partial charge on any atom is 0.0991 e. The maximum absolute atomic E-state index is 9.93. The standard InChI is InChI=1S/C14H20N2O2/c1-11(6-7-17)9-16-10-14(18)13-4-2-12(8-15)3-5-13/h2-5,11,14,16-18H,6-7,9-10H2,1H3. The third kappa shape index (κ3) is 4.84. The second-order valence-corrected chi connectivity index (χ2v) is 4.53. The number of benzene rings is 1. The van der Waals surface area contributed by atoms with Crippen LogP contribution in [0.25, 0.3) is 0 Å². The highest BCUT2D eigenvalue weighted by atomic mass is 16.3. The monoisotopic (exact) mass is 248 g/mol. The van der Waals surface area contributed by atoms with E-state index in [1.54, 1.807) is 24.3 Å². The highest BCUT2D eigenvalue weighted by molar-refractivity contribution is 5.32. The Hall–Kier alpha value is -1.41. The Morgan fingerprint density at radius 2 is 1.94 bits per heavy atom. The van der Waals surface area contributed by atoms with Crippen molar-refractivity contribution >= 4 is 0 Å². The summed E-state index contributed by atoms with van der Waals surface area (Å²) in [5.74, 6) is 0.392. The third-order valence-electron chi connectivity index (χ3n) is 2.88. The Morgan fingerprint density at radius 3 is 2.50 bits per heavy atom. The van der Waals surface area contributed by atoms with E-state index in [1.807, 2.05) is 6.07 Å². The molecule has 0 radical (unpaired) electrons. The van der Waals surface area contributed by atoms with Crippen molar-refractivity contribution in [2.24, 2.45) is 5.92 Å². The average Bonchev–Trinajstić information content (AvgIpc) is 2.39. The van der Waals surface area contributed by atoms with Crippen LogP contribution in [0.3, 0.4) is 0 Å². The summed E-state index contributed by atoms with van der Waals surface area (Å²) >= 11 is 0. The molecule has 2 unspecified atom stereocenters. The fraction of sp³-hybridized carbons (Fsp3) is 0.500. The lowest BCUT2D eigenvalue weighted by Crippen LogP contribution is -2.26. The van der Waals surface area contributed by atoms with E-state index < -0.39 is 6.10 Å². The van der Waals surface area contributed by atoms with Crippen LogP contribution < -0.4 is 5.32 Å². The van der Waals surface area contributed by atoms with Crippen molar-refractivity contribution in [2.45, 2.75) is 19.4 Å². The summed E-state index contributed by atoms with van der Waals surface area (Å²) in [6.45, 7) is 3.49. The molecule has 3 N–H and O–H groups in total. The lowest BCUT2D eigenvalue weighted by molar-refractivity contribution is 0.171. The number of aliphatic hydroxyl groups excluding tert-OH is 2. The van der Waals surface area contributed by atoms with Gasteiger partial charge in [0.15, 0.2) is 0 Å². The first-order chi connectivity index (χ1) is 8.67. The van der Waals surface area contributed by atoms with Crippen LogP contribution in [0.4, 0.5) is 0 Å². The summed E-state index contributed by atoms with van der Waals surface area (Å²) in [6, 6.07) is 8.98. The number of nitriles is 1. The molecule has 0 saturated carbocycles. The molecule has 2 atom stereocenters. The minimum atomic E-state index is -0.570. The van der Waals surface area contributed by atoms with Gasteiger partial charge >= 0.3 is 0 Å². The first-order valence-corrected chi connectivity index (χ1v) is 6.17. The van der Waals surface area contributed by atoms with Crippen molar-refractivity contribution in [1.29, 1.82) is 5.26 Å². The summed E-state index contributed by atoms with van der Waals surface area (Å²) in [4.78, 5) is 0. The van der Waals surface area contributed by atoms with E-state index in [0.717, 1.165) is 18.5 Å². The topological polar surface area (TPSA) is 76.3 Å². The van der Waals surface area contributed by atoms with Gasteiger partial charge in [-0.1, -0.05) is 19.1 Å². The summed E-state index contributed by atoms with van der Waals surface area (Å²) in [6.07, 6.45) is 0.194. The minimum absolute atomic E-state index is 0.195. The van der Waals surface area contributed by atoms with Gasteiger partial charge in [0.2, 0.25) is 0 Å². The molecule has 4 nitrogen and oxygen atoms in total. The molecule has 0 aliphatic heterocycles. The molecular weight excluding hydrogens is 228 g/mol. The lowest BCUT2D eigenvalue weighted by Gasteiger charge is -2.15. The SMILES string of the molecule is CC(CCO)CNCC(O)c1ccc(C#N)cc1. The largest absolute Gasteiger partial charge is 0.396 e. The Bertz CT molecular complexity index is 384. The van der Waals surface area contributed by atoms with Crippen LogP contribution in [-0.2, 0) is 0 Å². The fourth-order valence-corrected chi connectivity index (χ4v) is 1.69. The van der Waals surface area contributed by atoms with Gasteiger partial charge in [0, 0.05) is 13.2 Å². The van der Waals surface area contributed by atoms with Gasteiger partial charge in [-0.2, -0.15) is 5.26 Å². The highest BCUT2D eigenvalue weighted by Crippen LogP contribution is 2.12. The van der Waals surface area contributed by atoms with E-state index in [2.05, 4.69) is 12.2 Å². The van der Waals surface area contributed by atoms with E-state index in [1.165, 1.54) is 0 Å². The minimum Gasteiger partial charge on any atom is -0.396 e. The number of nitrogens with zero attached hydrogens (tertiary/aromatic N) is 1. The van der Waals surface area contributed by atoms with Crippen LogP contribution in [0.5, 0.6) is 0 Å². The maximum atomic E-state index is 9.93. The molecule has 0 bridgehead atoms. The van der Waals surface area contributed by atoms with Crippen LogP contribution >= 0.6 is 0 Å². The van der Waals surface area contributed by atoms with E-state index in [0.29, 0.717) is 18.0 Å². The van der Waals surface area contributed by atoms with Gasteiger partial charge in [-0.05, 0) is 36.6 Å². The predicted molar refractivity (Wildman–Crippen MR) is 69.9 cm³/mol. The molecular formula is C14H20N2O2. The number of aliphatic hydroxyl groups is 2. The predicted octanol–water partition coefficient (Wildman–Crippen LogP) is 1.20. The van der Waals surface area contributed by atoms with Crippen molar-refractivity contribution in [3.05, 3.63) is 35.4 Å². The second-order valence-electron chi connectivity index (χ2n) is 4.53. The molecule has 18 heavy (non-hydrogen) atoms. The van der Waals surface area contributed by atoms with E-state index in [-0.39, 0.29) is 6.61 Å². The Morgan fingerprint density at radius 1 is 1.28 bits per heavy atom. The fourth-order valence-electron chi connectivity index (χ4n) is 1.69. The van der Waals surface area contributed by atoms with E-state index in [4.69, 9.17) is 10.4 Å². The molecule has 0 saturated heterocycles. The van der Waals surface area contributed by atoms with Crippen LogP contribution in [0.1, 0.15) is 30.6 Å². The molecule has 0 aliphatic rings. The molecule has 0 heterocycles. The number of hydrogen-bond acceptors (Lipinski definition) is 4. The molecule has 1 aromatic carbocycles. The summed E-state index contributed by atoms with van der Waals surface area (Å²) < 4.78 is 0. The molecule has 0 aliphatic carbocycles. The van der Waals surface area contributed by atoms with Crippen LogP contribution in [0.2, 0.25) is 0 Å². The summed E-state index contributed by atoms with van der Waals surface area (Å²) in [5, 5.41) is 30.5. The third-order valence-corrected chi connectivity index (χ3v) is 2.88. The smallest absolute Gasteiger partial charge is 0.0991 e. The van der Waals surface area contributed by atoms with Crippen LogP contribution in [0.15, 0.2) is 24.3 Å². The molecule has 1 aromatic rings. The van der Waals surface area contributed by atoms with Crippen molar-refractivity contribution in [3.63, 3.8) is 0 Å². The molecule has 0 spiro atoms. The van der Waals surface area contributed by atoms with E-state index in [9.17, 15) is 5.11 Å². The first kappa shape index (κ1) is 14.7. The number of hydrogen-bond donors (Lipinski definition) is 3. The van der Waals surface area contributed by atoms with Crippen molar-refractivity contribution < 1.29 is 10.2 Å². The van der Waals surface area contributed by atoms with Gasteiger partial charge in [0.25, 0.3) is 0 Å². The van der Waals surface area contributed by atoms with Crippen molar-refractivity contribution in [2.75, 3.05) is 19.7 Å². The molecule has 0 fully saturated rings. The summed E-state index contributed by atoms with van der Waals surface area (Å²) in [7, 11) is 0. The highest BCUT2D eigenvalue weighted by Gasteiger charge is 2.08. The molecule has 0 amide bonds. The Labute approximate surface area is 108 Å². The van der Waals surface area contributed by atoms with Crippen LogP contribution in [0, 0.1) is 17.2 Å². The first-order valence-electron chi connectivity index (χ1n) is 6.17. The van der Waals surface area contributed by atoms with Gasteiger partial charge < -0.3 is 15.5 Å². The summed E-state index contributed by atoms with van der Waals surface area (Å²) in [5.41, 5.74) is 1.40. The van der Waals surface area contributed by atoms with Gasteiger partial charge in [-0.25, -0.2) is 0 Å². The van der Waals surface area contributed by atoms with Gasteiger partial charge in [0.05, 0.1) is 17.7 Å². The second kappa shape index (κ2) is 7.83. The number of rotatable bonds is 7. The molecule has 4 heteroatoms. The van der Waals surface area contributed by atoms with E-state index >= 15 is 0 Å². The normalized spacial score (nSPS) is 13.9. The zero-order valence-electron chi connectivity index (χ0n) is 10.6. The average molecular weight is 248 g/mol. The Balaban J connectivity index is 2.36.